The molecule has 0 N–H and O–H groups in total. The molecular formula is C17H31NO4. The second-order valence-electron chi connectivity index (χ2n) is 6.02. The van der Waals surface area contributed by atoms with E-state index in [9.17, 15) is 9.59 Å². The number of esters is 1. The minimum absolute atomic E-state index is 0.0644. The minimum Gasteiger partial charge on any atom is -0.465 e. The van der Waals surface area contributed by atoms with Gasteiger partial charge in [0.05, 0.1) is 19.6 Å². The summed E-state index contributed by atoms with van der Waals surface area (Å²) in [5.74, 6) is -0.166. The minimum atomic E-state index is -0.310. The number of rotatable bonds is 9. The molecule has 0 aliphatic carbocycles. The van der Waals surface area contributed by atoms with Gasteiger partial charge in [-0.3, -0.25) is 4.79 Å². The summed E-state index contributed by atoms with van der Waals surface area (Å²) in [7, 11) is 1.38. The van der Waals surface area contributed by atoms with E-state index in [4.69, 9.17) is 4.74 Å². The molecule has 0 aromatic rings. The number of hydrogen-bond donors (Lipinski definition) is 0. The topological polar surface area (TPSA) is 55.8 Å². The number of methoxy groups -OCH3 is 1. The maximum Gasteiger partial charge on any atom is 0.409 e. The van der Waals surface area contributed by atoms with Crippen LogP contribution in [0.25, 0.3) is 0 Å². The fourth-order valence-corrected chi connectivity index (χ4v) is 2.78. The molecule has 5 heteroatoms. The van der Waals surface area contributed by atoms with E-state index in [1.807, 2.05) is 0 Å². The van der Waals surface area contributed by atoms with E-state index in [1.165, 1.54) is 39.2 Å². The van der Waals surface area contributed by atoms with Crippen molar-refractivity contribution in [2.75, 3.05) is 26.8 Å². The van der Waals surface area contributed by atoms with Gasteiger partial charge in [-0.15, -0.1) is 0 Å². The van der Waals surface area contributed by atoms with Crippen LogP contribution in [0.4, 0.5) is 4.79 Å². The van der Waals surface area contributed by atoms with Crippen LogP contribution in [0.2, 0.25) is 0 Å². The van der Waals surface area contributed by atoms with Crippen molar-refractivity contribution in [3.63, 3.8) is 0 Å². The van der Waals surface area contributed by atoms with Crippen LogP contribution in [0.3, 0.4) is 0 Å². The second kappa shape index (κ2) is 11.3. The van der Waals surface area contributed by atoms with Gasteiger partial charge in [-0.25, -0.2) is 4.79 Å². The molecule has 0 aromatic heterocycles. The Kier molecular flexibility index (Phi) is 9.67. The summed E-state index contributed by atoms with van der Waals surface area (Å²) < 4.78 is 10.0. The van der Waals surface area contributed by atoms with Crippen LogP contribution in [0.1, 0.15) is 64.7 Å². The lowest BCUT2D eigenvalue weighted by molar-refractivity contribution is -0.150. The summed E-state index contributed by atoms with van der Waals surface area (Å²) in [6.07, 6.45) is 9.55. The van der Waals surface area contributed by atoms with E-state index in [-0.39, 0.29) is 18.0 Å². The molecule has 5 nitrogen and oxygen atoms in total. The van der Waals surface area contributed by atoms with Gasteiger partial charge in [0, 0.05) is 13.1 Å². The molecule has 0 spiro atoms. The van der Waals surface area contributed by atoms with Gasteiger partial charge in [0.25, 0.3) is 0 Å². The zero-order valence-corrected chi connectivity index (χ0v) is 14.1. The molecule has 22 heavy (non-hydrogen) atoms. The molecule has 1 saturated heterocycles. The third-order valence-electron chi connectivity index (χ3n) is 4.25. The molecule has 1 aliphatic rings. The summed E-state index contributed by atoms with van der Waals surface area (Å²) in [6.45, 7) is 3.90. The largest absolute Gasteiger partial charge is 0.465 e. The molecule has 1 heterocycles. The maximum absolute atomic E-state index is 12.0. The van der Waals surface area contributed by atoms with E-state index in [0.29, 0.717) is 32.5 Å². The Labute approximate surface area is 134 Å². The molecule has 0 aromatic carbocycles. The number of ether oxygens (including phenoxy) is 2. The number of piperidine rings is 1. The van der Waals surface area contributed by atoms with Crippen molar-refractivity contribution in [1.82, 2.24) is 4.90 Å². The van der Waals surface area contributed by atoms with Gasteiger partial charge in [0.15, 0.2) is 0 Å². The lowest BCUT2D eigenvalue weighted by atomic mass is 9.97. The smallest absolute Gasteiger partial charge is 0.409 e. The van der Waals surface area contributed by atoms with Crippen LogP contribution in [-0.2, 0) is 14.3 Å². The number of nitrogens with zero attached hydrogens (tertiary/aromatic N) is 1. The Balaban J connectivity index is 2.03. The molecule has 0 unspecified atom stereocenters. The van der Waals surface area contributed by atoms with Crippen molar-refractivity contribution in [1.29, 1.82) is 0 Å². The van der Waals surface area contributed by atoms with Gasteiger partial charge >= 0.3 is 12.1 Å². The fourth-order valence-electron chi connectivity index (χ4n) is 2.78. The molecule has 0 saturated carbocycles. The van der Waals surface area contributed by atoms with Crippen LogP contribution in [0, 0.1) is 5.92 Å². The van der Waals surface area contributed by atoms with Gasteiger partial charge in [0.1, 0.15) is 0 Å². The predicted molar refractivity (Wildman–Crippen MR) is 85.7 cm³/mol. The van der Waals surface area contributed by atoms with Crippen molar-refractivity contribution in [3.8, 4) is 0 Å². The van der Waals surface area contributed by atoms with E-state index in [0.717, 1.165) is 12.8 Å². The first-order valence-corrected chi connectivity index (χ1v) is 8.68. The second-order valence-corrected chi connectivity index (χ2v) is 6.02. The molecular weight excluding hydrogens is 282 g/mol. The summed E-state index contributed by atoms with van der Waals surface area (Å²) >= 11 is 0. The Morgan fingerprint density at radius 1 is 1.00 bits per heavy atom. The zero-order valence-electron chi connectivity index (χ0n) is 14.1. The van der Waals surface area contributed by atoms with Crippen LogP contribution < -0.4 is 0 Å². The molecule has 1 rings (SSSR count). The van der Waals surface area contributed by atoms with Gasteiger partial charge in [-0.1, -0.05) is 45.4 Å². The van der Waals surface area contributed by atoms with E-state index in [2.05, 4.69) is 11.7 Å². The number of amides is 1. The van der Waals surface area contributed by atoms with Crippen LogP contribution in [0.15, 0.2) is 0 Å². The maximum atomic E-state index is 12.0. The highest BCUT2D eigenvalue weighted by Crippen LogP contribution is 2.19. The molecule has 0 atom stereocenters. The van der Waals surface area contributed by atoms with E-state index >= 15 is 0 Å². The summed E-state index contributed by atoms with van der Waals surface area (Å²) in [4.78, 5) is 25.0. The summed E-state index contributed by atoms with van der Waals surface area (Å²) in [5.41, 5.74) is 0. The van der Waals surface area contributed by atoms with Crippen molar-refractivity contribution >= 4 is 12.1 Å². The number of hydrogen-bond acceptors (Lipinski definition) is 4. The van der Waals surface area contributed by atoms with Gasteiger partial charge < -0.3 is 14.4 Å². The Morgan fingerprint density at radius 2 is 1.59 bits per heavy atom. The summed E-state index contributed by atoms with van der Waals surface area (Å²) in [5, 5.41) is 0. The van der Waals surface area contributed by atoms with Gasteiger partial charge in [-0.2, -0.15) is 0 Å². The first-order valence-electron chi connectivity index (χ1n) is 8.68. The van der Waals surface area contributed by atoms with Crippen molar-refractivity contribution in [2.24, 2.45) is 5.92 Å². The quantitative estimate of drug-likeness (QED) is 0.480. The predicted octanol–water partition coefficient (Wildman–Crippen LogP) is 3.76. The molecule has 0 radical (unpaired) electrons. The van der Waals surface area contributed by atoms with Crippen LogP contribution in [0.5, 0.6) is 0 Å². The number of carbonyl (C=O) groups excluding carboxylic acids is 2. The van der Waals surface area contributed by atoms with Crippen LogP contribution in [-0.4, -0.2) is 43.8 Å². The molecule has 1 amide bonds. The fraction of sp³-hybridized carbons (Fsp3) is 0.882. The third kappa shape index (κ3) is 7.14. The number of carbonyl (C=O) groups is 2. The van der Waals surface area contributed by atoms with Crippen molar-refractivity contribution < 1.29 is 19.1 Å². The number of unbranched alkanes of at least 4 members (excludes halogenated alkanes) is 6. The lowest BCUT2D eigenvalue weighted by Crippen LogP contribution is -2.40. The normalized spacial score (nSPS) is 15.6. The highest BCUT2D eigenvalue weighted by atomic mass is 16.5. The average molecular weight is 313 g/mol. The first kappa shape index (κ1) is 18.8. The average Bonchev–Trinajstić information content (AvgIpc) is 2.56. The van der Waals surface area contributed by atoms with E-state index in [1.54, 1.807) is 4.90 Å². The molecule has 1 fully saturated rings. The lowest BCUT2D eigenvalue weighted by Gasteiger charge is -2.29. The Hall–Kier alpha value is -1.26. The zero-order chi connectivity index (χ0) is 16.2. The van der Waals surface area contributed by atoms with Crippen LogP contribution >= 0.6 is 0 Å². The van der Waals surface area contributed by atoms with E-state index < -0.39 is 0 Å². The monoisotopic (exact) mass is 313 g/mol. The van der Waals surface area contributed by atoms with Crippen molar-refractivity contribution in [3.05, 3.63) is 0 Å². The SMILES string of the molecule is CCCCCCCCCOC(=O)C1CCN(C(=O)OC)CC1. The number of likely N-dealkylation sites (tertiary alicyclic amines) is 1. The summed E-state index contributed by atoms with van der Waals surface area (Å²) in [6, 6.07) is 0. The Bertz CT molecular complexity index is 325. The highest BCUT2D eigenvalue weighted by molar-refractivity contribution is 5.73. The first-order chi connectivity index (χ1) is 10.7. The van der Waals surface area contributed by atoms with Crippen molar-refractivity contribution in [2.45, 2.75) is 64.7 Å². The molecule has 128 valence electrons. The van der Waals surface area contributed by atoms with Gasteiger partial charge in [0.2, 0.25) is 0 Å². The Morgan fingerprint density at radius 3 is 2.18 bits per heavy atom. The van der Waals surface area contributed by atoms with Gasteiger partial charge in [-0.05, 0) is 19.3 Å². The standard InChI is InChI=1S/C17H31NO4/c1-3-4-5-6-7-8-9-14-22-16(19)15-10-12-18(13-11-15)17(20)21-2/h15H,3-14H2,1-2H3. The highest BCUT2D eigenvalue weighted by Gasteiger charge is 2.28. The molecule has 1 aliphatic heterocycles. The molecule has 0 bridgehead atoms. The third-order valence-corrected chi connectivity index (χ3v) is 4.25.